The Kier molecular flexibility index (Phi) is 3.96. The zero-order valence-corrected chi connectivity index (χ0v) is 12.6. The Bertz CT molecular complexity index is 726. The van der Waals surface area contributed by atoms with Crippen molar-refractivity contribution in [3.63, 3.8) is 0 Å². The van der Waals surface area contributed by atoms with E-state index in [-0.39, 0.29) is 5.82 Å². The van der Waals surface area contributed by atoms with Crippen molar-refractivity contribution in [3.05, 3.63) is 71.1 Å². The van der Waals surface area contributed by atoms with Crippen molar-refractivity contribution in [2.24, 2.45) is 0 Å². The minimum absolute atomic E-state index is 0.261. The number of nitrogens with one attached hydrogen (secondary N) is 1. The van der Waals surface area contributed by atoms with Crippen molar-refractivity contribution in [1.82, 2.24) is 14.5 Å². The molecule has 0 spiro atoms. The highest BCUT2D eigenvalue weighted by Crippen LogP contribution is 2.17. The first-order valence-corrected chi connectivity index (χ1v) is 7.14. The molecule has 0 unspecified atom stereocenters. The normalized spacial score (nSPS) is 10.6. The van der Waals surface area contributed by atoms with Gasteiger partial charge in [0.2, 0.25) is 0 Å². The average molecular weight is 347 g/mol. The number of imidazole rings is 1. The summed E-state index contributed by atoms with van der Waals surface area (Å²) in [6, 6.07) is 8.90. The molecule has 2 heterocycles. The summed E-state index contributed by atoms with van der Waals surface area (Å²) in [4.78, 5) is 8.32. The van der Waals surface area contributed by atoms with Gasteiger partial charge in [0.1, 0.15) is 18.0 Å². The van der Waals surface area contributed by atoms with Crippen LogP contribution in [-0.2, 0) is 6.54 Å². The molecule has 3 aromatic rings. The van der Waals surface area contributed by atoms with E-state index in [9.17, 15) is 4.39 Å². The van der Waals surface area contributed by atoms with Crippen molar-refractivity contribution in [2.75, 3.05) is 5.32 Å². The number of benzene rings is 1. The molecule has 0 atom stereocenters. The Labute approximate surface area is 129 Å². The Balaban J connectivity index is 1.66. The predicted octanol–water partition coefficient (Wildman–Crippen LogP) is 3.78. The van der Waals surface area contributed by atoms with E-state index in [0.717, 1.165) is 17.1 Å². The summed E-state index contributed by atoms with van der Waals surface area (Å²) in [6.07, 6.45) is 6.97. The second-order valence-electron chi connectivity index (χ2n) is 4.48. The van der Waals surface area contributed by atoms with Gasteiger partial charge in [0.15, 0.2) is 0 Å². The van der Waals surface area contributed by atoms with Crippen molar-refractivity contribution < 1.29 is 4.39 Å². The molecular formula is C15H12BrFN4. The van der Waals surface area contributed by atoms with Crippen LogP contribution in [0.25, 0.3) is 5.82 Å². The van der Waals surface area contributed by atoms with Crippen LogP contribution in [0.15, 0.2) is 59.7 Å². The molecule has 6 heteroatoms. The van der Waals surface area contributed by atoms with E-state index in [1.54, 1.807) is 24.8 Å². The number of nitrogens with zero attached hydrogens (tertiary/aromatic N) is 3. The van der Waals surface area contributed by atoms with Gasteiger partial charge < -0.3 is 5.32 Å². The quantitative estimate of drug-likeness (QED) is 0.781. The first-order chi connectivity index (χ1) is 10.2. The number of hydrogen-bond donors (Lipinski definition) is 1. The highest BCUT2D eigenvalue weighted by atomic mass is 79.9. The summed E-state index contributed by atoms with van der Waals surface area (Å²) in [7, 11) is 0. The zero-order valence-electron chi connectivity index (χ0n) is 11.0. The fourth-order valence-electron chi connectivity index (χ4n) is 1.89. The van der Waals surface area contributed by atoms with E-state index in [1.165, 1.54) is 6.07 Å². The third-order valence-corrected chi connectivity index (χ3v) is 3.64. The molecule has 1 aromatic carbocycles. The maximum atomic E-state index is 13.4. The van der Waals surface area contributed by atoms with E-state index >= 15 is 0 Å². The number of hydrogen-bond acceptors (Lipinski definition) is 3. The fourth-order valence-corrected chi connectivity index (χ4v) is 2.14. The van der Waals surface area contributed by atoms with Gasteiger partial charge in [-0.05, 0) is 45.8 Å². The van der Waals surface area contributed by atoms with Crippen LogP contribution in [0.4, 0.5) is 10.1 Å². The van der Waals surface area contributed by atoms with Gasteiger partial charge in [-0.2, -0.15) is 0 Å². The molecule has 0 bridgehead atoms. The Morgan fingerprint density at radius 1 is 1.24 bits per heavy atom. The van der Waals surface area contributed by atoms with Crippen LogP contribution < -0.4 is 5.32 Å². The molecular weight excluding hydrogens is 335 g/mol. The summed E-state index contributed by atoms with van der Waals surface area (Å²) in [6.45, 7) is 0.538. The second kappa shape index (κ2) is 6.05. The third kappa shape index (κ3) is 3.28. The van der Waals surface area contributed by atoms with Crippen molar-refractivity contribution >= 4 is 21.6 Å². The molecule has 4 nitrogen and oxygen atoms in total. The Hall–Kier alpha value is -2.21. The SMILES string of the molecule is Fc1cc(CNc2ccc(-n3ccnc3)nc2)ccc1Br. The molecule has 0 saturated heterocycles. The number of pyridine rings is 1. The smallest absolute Gasteiger partial charge is 0.137 e. The summed E-state index contributed by atoms with van der Waals surface area (Å²) >= 11 is 3.14. The van der Waals surface area contributed by atoms with Gasteiger partial charge >= 0.3 is 0 Å². The van der Waals surface area contributed by atoms with Gasteiger partial charge in [-0.1, -0.05) is 6.07 Å². The summed E-state index contributed by atoms with van der Waals surface area (Å²) in [5.41, 5.74) is 1.75. The van der Waals surface area contributed by atoms with Crippen LogP contribution in [-0.4, -0.2) is 14.5 Å². The van der Waals surface area contributed by atoms with Gasteiger partial charge in [-0.15, -0.1) is 0 Å². The second-order valence-corrected chi connectivity index (χ2v) is 5.33. The highest BCUT2D eigenvalue weighted by molar-refractivity contribution is 9.10. The molecule has 0 aliphatic rings. The lowest BCUT2D eigenvalue weighted by Gasteiger charge is -2.08. The van der Waals surface area contributed by atoms with Crippen LogP contribution in [0.1, 0.15) is 5.56 Å². The summed E-state index contributed by atoms with van der Waals surface area (Å²) in [5, 5.41) is 3.21. The van der Waals surface area contributed by atoms with Crippen LogP contribution in [0, 0.1) is 5.82 Å². The fraction of sp³-hybridized carbons (Fsp3) is 0.0667. The van der Waals surface area contributed by atoms with Gasteiger partial charge in [-0.25, -0.2) is 14.4 Å². The molecule has 106 valence electrons. The number of aromatic nitrogens is 3. The molecule has 0 saturated carbocycles. The van der Waals surface area contributed by atoms with E-state index < -0.39 is 0 Å². The Morgan fingerprint density at radius 3 is 2.81 bits per heavy atom. The molecule has 2 aromatic heterocycles. The molecule has 0 amide bonds. The molecule has 0 aliphatic heterocycles. The highest BCUT2D eigenvalue weighted by Gasteiger charge is 2.02. The summed E-state index contributed by atoms with van der Waals surface area (Å²) < 4.78 is 15.7. The average Bonchev–Trinajstić information content (AvgIpc) is 3.03. The lowest BCUT2D eigenvalue weighted by Crippen LogP contribution is -2.01. The van der Waals surface area contributed by atoms with Crippen molar-refractivity contribution in [2.45, 2.75) is 6.54 Å². The van der Waals surface area contributed by atoms with Gasteiger partial charge in [0.05, 0.1) is 16.4 Å². The lowest BCUT2D eigenvalue weighted by atomic mass is 10.2. The van der Waals surface area contributed by atoms with Crippen LogP contribution >= 0.6 is 15.9 Å². The van der Waals surface area contributed by atoms with Gasteiger partial charge in [0, 0.05) is 18.9 Å². The Morgan fingerprint density at radius 2 is 2.14 bits per heavy atom. The van der Waals surface area contributed by atoms with Crippen molar-refractivity contribution in [1.29, 1.82) is 0 Å². The monoisotopic (exact) mass is 346 g/mol. The van der Waals surface area contributed by atoms with E-state index in [4.69, 9.17) is 0 Å². The molecule has 0 radical (unpaired) electrons. The maximum Gasteiger partial charge on any atom is 0.137 e. The first kappa shape index (κ1) is 13.8. The minimum atomic E-state index is -0.261. The number of anilines is 1. The standard InChI is InChI=1S/C15H12BrFN4/c16-13-3-1-11(7-14(13)17)8-19-12-2-4-15(20-9-12)21-6-5-18-10-21/h1-7,9-10,19H,8H2. The van der Waals surface area contributed by atoms with Crippen LogP contribution in [0.3, 0.4) is 0 Å². The summed E-state index contributed by atoms with van der Waals surface area (Å²) in [5.74, 6) is 0.538. The van der Waals surface area contributed by atoms with E-state index in [2.05, 4.69) is 31.2 Å². The van der Waals surface area contributed by atoms with Gasteiger partial charge in [0.25, 0.3) is 0 Å². The molecule has 1 N–H and O–H groups in total. The predicted molar refractivity (Wildman–Crippen MR) is 82.8 cm³/mol. The zero-order chi connectivity index (χ0) is 14.7. The number of halogens is 2. The lowest BCUT2D eigenvalue weighted by molar-refractivity contribution is 0.619. The number of rotatable bonds is 4. The first-order valence-electron chi connectivity index (χ1n) is 6.34. The molecule has 3 rings (SSSR count). The maximum absolute atomic E-state index is 13.4. The molecule has 21 heavy (non-hydrogen) atoms. The largest absolute Gasteiger partial charge is 0.380 e. The van der Waals surface area contributed by atoms with E-state index in [1.807, 2.05) is 29.0 Å². The molecule has 0 fully saturated rings. The van der Waals surface area contributed by atoms with E-state index in [0.29, 0.717) is 11.0 Å². The minimum Gasteiger partial charge on any atom is -0.380 e. The molecule has 0 aliphatic carbocycles. The third-order valence-electron chi connectivity index (χ3n) is 3.00. The van der Waals surface area contributed by atoms with Crippen molar-refractivity contribution in [3.8, 4) is 5.82 Å². The van der Waals surface area contributed by atoms with Gasteiger partial charge in [-0.3, -0.25) is 4.57 Å². The van der Waals surface area contributed by atoms with Crippen LogP contribution in [0.2, 0.25) is 0 Å². The topological polar surface area (TPSA) is 42.7 Å². The van der Waals surface area contributed by atoms with Crippen LogP contribution in [0.5, 0.6) is 0 Å².